The van der Waals surface area contributed by atoms with Crippen LogP contribution >= 0.6 is 0 Å². The molecule has 0 bridgehead atoms. The molecule has 1 saturated heterocycles. The van der Waals surface area contributed by atoms with E-state index in [0.29, 0.717) is 30.5 Å². The number of rotatable bonds is 5. The van der Waals surface area contributed by atoms with Crippen molar-refractivity contribution in [2.45, 2.75) is 6.54 Å². The van der Waals surface area contributed by atoms with E-state index in [1.165, 1.54) is 0 Å². The molecule has 0 aliphatic carbocycles. The number of nitrogens with one attached hydrogen (secondary N) is 1. The van der Waals surface area contributed by atoms with Crippen LogP contribution in [0.2, 0.25) is 0 Å². The van der Waals surface area contributed by atoms with Crippen molar-refractivity contribution < 1.29 is 14.2 Å². The maximum Gasteiger partial charge on any atom is 0.293 e. The Morgan fingerprint density at radius 2 is 2.04 bits per heavy atom. The number of benzene rings is 1. The highest BCUT2D eigenvalue weighted by molar-refractivity contribution is 5.46. The quantitative estimate of drug-likeness (QED) is 0.844. The summed E-state index contributed by atoms with van der Waals surface area (Å²) in [5, 5.41) is 3.27. The summed E-state index contributed by atoms with van der Waals surface area (Å²) >= 11 is 0. The van der Waals surface area contributed by atoms with Crippen molar-refractivity contribution in [2.75, 3.05) is 44.5 Å². The van der Waals surface area contributed by atoms with Crippen LogP contribution in [0, 0.1) is 0 Å². The number of ether oxygens (including phenoxy) is 3. The highest BCUT2D eigenvalue weighted by atomic mass is 16.7. The minimum Gasteiger partial charge on any atom is -0.492 e. The molecule has 0 spiro atoms. The Morgan fingerprint density at radius 3 is 2.92 bits per heavy atom. The normalized spacial score (nSPS) is 16.1. The molecule has 0 amide bonds. The van der Waals surface area contributed by atoms with Crippen molar-refractivity contribution in [3.05, 3.63) is 40.9 Å². The first-order valence-electron chi connectivity index (χ1n) is 8.35. The van der Waals surface area contributed by atoms with E-state index >= 15 is 0 Å². The Hall–Kier alpha value is -2.74. The summed E-state index contributed by atoms with van der Waals surface area (Å²) in [6.07, 6.45) is 3.36. The second-order valence-corrected chi connectivity index (χ2v) is 5.85. The van der Waals surface area contributed by atoms with E-state index in [2.05, 4.69) is 10.3 Å². The molecule has 1 fully saturated rings. The van der Waals surface area contributed by atoms with Gasteiger partial charge in [0.1, 0.15) is 12.4 Å². The van der Waals surface area contributed by atoms with Gasteiger partial charge in [-0.05, 0) is 12.1 Å². The standard InChI is InChI=1S/C17H20N4O4/c22-17-16(20-6-3-18-4-7-20)19-5-8-21(17)9-10-23-13-1-2-14-15(11-13)25-12-24-14/h1-2,5,8,11,18H,3-4,6-7,9-10,12H2. The van der Waals surface area contributed by atoms with E-state index in [1.54, 1.807) is 23.0 Å². The molecule has 2 aliphatic heterocycles. The van der Waals surface area contributed by atoms with Crippen molar-refractivity contribution in [1.82, 2.24) is 14.9 Å². The highest BCUT2D eigenvalue weighted by Crippen LogP contribution is 2.35. The van der Waals surface area contributed by atoms with Crippen molar-refractivity contribution >= 4 is 5.82 Å². The average molecular weight is 344 g/mol. The van der Waals surface area contributed by atoms with Crippen LogP contribution in [0.4, 0.5) is 5.82 Å². The van der Waals surface area contributed by atoms with Gasteiger partial charge in [0.05, 0.1) is 6.54 Å². The van der Waals surface area contributed by atoms with Crippen LogP contribution in [0.1, 0.15) is 0 Å². The zero-order chi connectivity index (χ0) is 17.1. The summed E-state index contributed by atoms with van der Waals surface area (Å²) in [5.74, 6) is 2.60. The van der Waals surface area contributed by atoms with Crippen molar-refractivity contribution in [3.63, 3.8) is 0 Å². The topological polar surface area (TPSA) is 77.9 Å². The molecule has 1 aromatic carbocycles. The van der Waals surface area contributed by atoms with Crippen LogP contribution in [-0.2, 0) is 6.54 Å². The minimum absolute atomic E-state index is 0.0845. The zero-order valence-corrected chi connectivity index (χ0v) is 13.8. The van der Waals surface area contributed by atoms with Gasteiger partial charge in [-0.25, -0.2) is 4.98 Å². The van der Waals surface area contributed by atoms with Gasteiger partial charge < -0.3 is 29.0 Å². The van der Waals surface area contributed by atoms with Gasteiger partial charge in [0.15, 0.2) is 17.3 Å². The Balaban J connectivity index is 1.40. The lowest BCUT2D eigenvalue weighted by Gasteiger charge is -2.27. The molecule has 2 aromatic rings. The number of anilines is 1. The summed E-state index contributed by atoms with van der Waals surface area (Å²) < 4.78 is 18.0. The molecule has 0 atom stereocenters. The predicted octanol–water partition coefficient (Wildman–Crippen LogP) is 0.461. The van der Waals surface area contributed by atoms with Crippen LogP contribution in [0.3, 0.4) is 0 Å². The number of hydrogen-bond donors (Lipinski definition) is 1. The summed E-state index contributed by atoms with van der Waals surface area (Å²) in [4.78, 5) is 18.9. The smallest absolute Gasteiger partial charge is 0.293 e. The van der Waals surface area contributed by atoms with Crippen LogP contribution < -0.4 is 30.0 Å². The maximum absolute atomic E-state index is 12.6. The Labute approximate surface area is 144 Å². The first-order chi connectivity index (χ1) is 12.3. The van der Waals surface area contributed by atoms with Gasteiger partial charge in [0.25, 0.3) is 5.56 Å². The van der Waals surface area contributed by atoms with E-state index < -0.39 is 0 Å². The molecule has 132 valence electrons. The van der Waals surface area contributed by atoms with E-state index in [0.717, 1.165) is 31.9 Å². The first kappa shape index (κ1) is 15.8. The summed E-state index contributed by atoms with van der Waals surface area (Å²) in [7, 11) is 0. The first-order valence-corrected chi connectivity index (χ1v) is 8.35. The molecular formula is C17H20N4O4. The van der Waals surface area contributed by atoms with Crippen LogP contribution in [-0.4, -0.2) is 49.1 Å². The van der Waals surface area contributed by atoms with Gasteiger partial charge in [-0.3, -0.25) is 4.79 Å². The number of aromatic nitrogens is 2. The van der Waals surface area contributed by atoms with Crippen molar-refractivity contribution in [3.8, 4) is 17.2 Å². The van der Waals surface area contributed by atoms with Crippen LogP contribution in [0.5, 0.6) is 17.2 Å². The van der Waals surface area contributed by atoms with Crippen LogP contribution in [0.15, 0.2) is 35.4 Å². The Bertz CT molecular complexity index is 801. The number of hydrogen-bond acceptors (Lipinski definition) is 7. The fourth-order valence-electron chi connectivity index (χ4n) is 2.93. The minimum atomic E-state index is -0.0845. The lowest BCUT2D eigenvalue weighted by molar-refractivity contribution is 0.173. The van der Waals surface area contributed by atoms with Crippen molar-refractivity contribution in [2.24, 2.45) is 0 Å². The van der Waals surface area contributed by atoms with Gasteiger partial charge >= 0.3 is 0 Å². The third kappa shape index (κ3) is 3.39. The fraction of sp³-hybridized carbons (Fsp3) is 0.412. The molecule has 8 nitrogen and oxygen atoms in total. The second kappa shape index (κ2) is 7.02. The molecule has 3 heterocycles. The Kier molecular flexibility index (Phi) is 4.43. The maximum atomic E-state index is 12.6. The van der Waals surface area contributed by atoms with Gasteiger partial charge in [-0.2, -0.15) is 0 Å². The molecule has 0 unspecified atom stereocenters. The molecule has 25 heavy (non-hydrogen) atoms. The molecule has 4 rings (SSSR count). The van der Waals surface area contributed by atoms with E-state index in [1.807, 2.05) is 17.0 Å². The van der Waals surface area contributed by atoms with E-state index in [-0.39, 0.29) is 12.4 Å². The third-order valence-electron chi connectivity index (χ3n) is 4.26. The summed E-state index contributed by atoms with van der Waals surface area (Å²) in [6.45, 7) is 4.38. The SMILES string of the molecule is O=c1c(N2CCNCC2)nccn1CCOc1ccc2c(c1)OCO2. The molecule has 0 saturated carbocycles. The van der Waals surface area contributed by atoms with Gasteiger partial charge in [-0.15, -0.1) is 0 Å². The predicted molar refractivity (Wildman–Crippen MR) is 91.6 cm³/mol. The number of nitrogens with zero attached hydrogens (tertiary/aromatic N) is 3. The molecule has 8 heteroatoms. The average Bonchev–Trinajstić information content (AvgIpc) is 3.12. The monoisotopic (exact) mass is 344 g/mol. The summed E-state index contributed by atoms with van der Waals surface area (Å²) in [5.41, 5.74) is -0.0845. The van der Waals surface area contributed by atoms with E-state index in [9.17, 15) is 4.79 Å². The molecule has 1 aromatic heterocycles. The van der Waals surface area contributed by atoms with Crippen molar-refractivity contribution in [1.29, 1.82) is 0 Å². The van der Waals surface area contributed by atoms with Crippen LogP contribution in [0.25, 0.3) is 0 Å². The number of fused-ring (bicyclic) bond motifs is 1. The number of piperazine rings is 1. The summed E-state index contributed by atoms with van der Waals surface area (Å²) in [6, 6.07) is 5.44. The Morgan fingerprint density at radius 1 is 1.20 bits per heavy atom. The molecule has 0 radical (unpaired) electrons. The van der Waals surface area contributed by atoms with Gasteiger partial charge in [0, 0.05) is 44.6 Å². The zero-order valence-electron chi connectivity index (χ0n) is 13.8. The molecule has 2 aliphatic rings. The lowest BCUT2D eigenvalue weighted by atomic mass is 10.3. The van der Waals surface area contributed by atoms with E-state index in [4.69, 9.17) is 14.2 Å². The second-order valence-electron chi connectivity index (χ2n) is 5.85. The van der Waals surface area contributed by atoms with Gasteiger partial charge in [0.2, 0.25) is 6.79 Å². The molecule has 1 N–H and O–H groups in total. The molecular weight excluding hydrogens is 324 g/mol. The lowest BCUT2D eigenvalue weighted by Crippen LogP contribution is -2.46. The highest BCUT2D eigenvalue weighted by Gasteiger charge is 2.16. The third-order valence-corrected chi connectivity index (χ3v) is 4.26. The largest absolute Gasteiger partial charge is 0.492 e. The van der Waals surface area contributed by atoms with Gasteiger partial charge in [-0.1, -0.05) is 0 Å². The fourth-order valence-corrected chi connectivity index (χ4v) is 2.93.